The highest BCUT2D eigenvalue weighted by Crippen LogP contribution is 2.41. The predicted molar refractivity (Wildman–Crippen MR) is 76.4 cm³/mol. The van der Waals surface area contributed by atoms with Crippen molar-refractivity contribution in [3.05, 3.63) is 28.4 Å². The zero-order valence-corrected chi connectivity index (χ0v) is 11.5. The van der Waals surface area contributed by atoms with E-state index in [1.807, 2.05) is 0 Å². The number of hydrogen-bond donors (Lipinski definition) is 3. The highest BCUT2D eigenvalue weighted by atomic mass is 32.1. The molecular weight excluding hydrogens is 274 g/mol. The van der Waals surface area contributed by atoms with Gasteiger partial charge in [-0.2, -0.15) is 10.4 Å². The van der Waals surface area contributed by atoms with E-state index in [4.69, 9.17) is 5.73 Å². The molecule has 6 nitrogen and oxygen atoms in total. The summed E-state index contributed by atoms with van der Waals surface area (Å²) in [6.07, 6.45) is 5.32. The van der Waals surface area contributed by atoms with Crippen LogP contribution in [0.2, 0.25) is 0 Å². The number of anilines is 2. The summed E-state index contributed by atoms with van der Waals surface area (Å²) in [5.41, 5.74) is 7.58. The molecule has 0 amide bonds. The van der Waals surface area contributed by atoms with Crippen LogP contribution < -0.4 is 11.1 Å². The Morgan fingerprint density at radius 2 is 2.45 bits per heavy atom. The molecule has 0 atom stereocenters. The van der Waals surface area contributed by atoms with E-state index in [1.54, 1.807) is 12.4 Å². The van der Waals surface area contributed by atoms with Crippen molar-refractivity contribution in [2.75, 3.05) is 11.1 Å². The van der Waals surface area contributed by atoms with E-state index in [1.165, 1.54) is 11.3 Å². The fourth-order valence-electron chi connectivity index (χ4n) is 1.95. The van der Waals surface area contributed by atoms with E-state index >= 15 is 0 Å². The van der Waals surface area contributed by atoms with Crippen molar-refractivity contribution in [2.24, 2.45) is 5.92 Å². The average Bonchev–Trinajstić information content (AvgIpc) is 3.07. The molecule has 2 heterocycles. The van der Waals surface area contributed by atoms with Crippen LogP contribution in [0, 0.1) is 17.2 Å². The van der Waals surface area contributed by atoms with Crippen LogP contribution in [-0.4, -0.2) is 16.0 Å². The third-order valence-corrected chi connectivity index (χ3v) is 4.41. The Balaban J connectivity index is 1.84. The van der Waals surface area contributed by atoms with E-state index < -0.39 is 0 Å². The molecule has 3 rings (SSSR count). The number of nitrogens with zero attached hydrogens (tertiary/aromatic N) is 2. The lowest BCUT2D eigenvalue weighted by molar-refractivity contribution is 0.0972. The summed E-state index contributed by atoms with van der Waals surface area (Å²) in [7, 11) is 0. The van der Waals surface area contributed by atoms with E-state index in [9.17, 15) is 10.1 Å². The van der Waals surface area contributed by atoms with Gasteiger partial charge in [0, 0.05) is 24.2 Å². The van der Waals surface area contributed by atoms with Crippen LogP contribution in [0.1, 0.15) is 33.6 Å². The van der Waals surface area contributed by atoms with Gasteiger partial charge in [0.15, 0.2) is 5.78 Å². The maximum Gasteiger partial charge on any atom is 0.178 e. The lowest BCUT2D eigenvalue weighted by atomic mass is 10.1. The van der Waals surface area contributed by atoms with Gasteiger partial charge in [-0.3, -0.25) is 9.89 Å². The third kappa shape index (κ3) is 2.26. The van der Waals surface area contributed by atoms with Crippen molar-refractivity contribution >= 4 is 27.8 Å². The molecule has 1 saturated carbocycles. The first kappa shape index (κ1) is 12.7. The number of hydrogen-bond acceptors (Lipinski definition) is 6. The molecule has 0 radical (unpaired) electrons. The van der Waals surface area contributed by atoms with Gasteiger partial charge in [0.1, 0.15) is 16.6 Å². The molecule has 4 N–H and O–H groups in total. The second kappa shape index (κ2) is 4.98. The molecule has 2 aromatic heterocycles. The Bertz CT molecular complexity index is 678. The first-order valence-electron chi connectivity index (χ1n) is 6.28. The Morgan fingerprint density at radius 1 is 1.65 bits per heavy atom. The summed E-state index contributed by atoms with van der Waals surface area (Å²) in [4.78, 5) is 12.6. The molecule has 2 aromatic rings. The number of carbonyl (C=O) groups is 1. The zero-order chi connectivity index (χ0) is 14.1. The standard InChI is InChI=1S/C13H13N5OS/c14-3-9-10(15)12(11(19)8-1-2-8)20-13(9)16-4-7-5-17-18-6-7/h5-6,8,16H,1-2,4,15H2,(H,17,18). The fourth-order valence-corrected chi connectivity index (χ4v) is 3.04. The number of nitriles is 1. The lowest BCUT2D eigenvalue weighted by Gasteiger charge is -2.01. The van der Waals surface area contributed by atoms with Crippen molar-refractivity contribution in [3.63, 3.8) is 0 Å². The minimum atomic E-state index is 0.0698. The maximum absolute atomic E-state index is 12.1. The molecular formula is C13H13N5OS. The number of aromatic nitrogens is 2. The molecule has 0 aromatic carbocycles. The Morgan fingerprint density at radius 3 is 3.05 bits per heavy atom. The van der Waals surface area contributed by atoms with Crippen molar-refractivity contribution in [3.8, 4) is 6.07 Å². The number of ketones is 1. The van der Waals surface area contributed by atoms with Gasteiger partial charge in [-0.05, 0) is 12.8 Å². The minimum Gasteiger partial charge on any atom is -0.396 e. The largest absolute Gasteiger partial charge is 0.396 e. The monoisotopic (exact) mass is 287 g/mol. The van der Waals surface area contributed by atoms with Crippen molar-refractivity contribution in [2.45, 2.75) is 19.4 Å². The van der Waals surface area contributed by atoms with Crippen molar-refractivity contribution < 1.29 is 4.79 Å². The average molecular weight is 287 g/mol. The summed E-state index contributed by atoms with van der Waals surface area (Å²) < 4.78 is 0. The fraction of sp³-hybridized carbons (Fsp3) is 0.308. The van der Waals surface area contributed by atoms with Crippen molar-refractivity contribution in [1.82, 2.24) is 10.2 Å². The first-order chi connectivity index (χ1) is 9.70. The van der Waals surface area contributed by atoms with E-state index in [-0.39, 0.29) is 11.7 Å². The number of H-pyrrole nitrogens is 1. The first-order valence-corrected chi connectivity index (χ1v) is 7.10. The number of nitrogen functional groups attached to an aromatic ring is 1. The summed E-state index contributed by atoms with van der Waals surface area (Å²) in [6.45, 7) is 0.530. The second-order valence-electron chi connectivity index (χ2n) is 4.76. The summed E-state index contributed by atoms with van der Waals surface area (Å²) in [5, 5.41) is 19.6. The number of Topliss-reactive ketones (excluding diaryl/α,β-unsaturated/α-hetero) is 1. The van der Waals surface area contributed by atoms with Crippen LogP contribution in [0.4, 0.5) is 10.7 Å². The molecule has 0 saturated heterocycles. The van der Waals surface area contributed by atoms with Crippen LogP contribution in [0.25, 0.3) is 0 Å². The Kier molecular flexibility index (Phi) is 3.16. The molecule has 0 spiro atoms. The van der Waals surface area contributed by atoms with Crippen molar-refractivity contribution in [1.29, 1.82) is 5.26 Å². The molecule has 102 valence electrons. The van der Waals surface area contributed by atoms with Crippen LogP contribution in [0.15, 0.2) is 12.4 Å². The van der Waals surface area contributed by atoms with E-state index in [2.05, 4.69) is 21.6 Å². The van der Waals surface area contributed by atoms with Gasteiger partial charge in [-0.1, -0.05) is 0 Å². The lowest BCUT2D eigenvalue weighted by Crippen LogP contribution is -2.02. The normalized spacial score (nSPS) is 13.9. The van der Waals surface area contributed by atoms with Gasteiger partial charge in [-0.25, -0.2) is 0 Å². The number of aromatic amines is 1. The highest BCUT2D eigenvalue weighted by Gasteiger charge is 2.34. The summed E-state index contributed by atoms with van der Waals surface area (Å²) >= 11 is 1.27. The van der Waals surface area contributed by atoms with E-state index in [0.29, 0.717) is 27.7 Å². The molecule has 0 bridgehead atoms. The highest BCUT2D eigenvalue weighted by molar-refractivity contribution is 7.19. The number of thiophene rings is 1. The number of nitrogens with one attached hydrogen (secondary N) is 2. The maximum atomic E-state index is 12.1. The van der Waals surface area contributed by atoms with Crippen LogP contribution in [-0.2, 0) is 6.54 Å². The third-order valence-electron chi connectivity index (χ3n) is 3.24. The molecule has 20 heavy (non-hydrogen) atoms. The smallest absolute Gasteiger partial charge is 0.178 e. The molecule has 7 heteroatoms. The van der Waals surface area contributed by atoms with Gasteiger partial charge in [0.2, 0.25) is 0 Å². The topological polar surface area (TPSA) is 108 Å². The number of carbonyl (C=O) groups excluding carboxylic acids is 1. The van der Waals surface area contributed by atoms with E-state index in [0.717, 1.165) is 18.4 Å². The van der Waals surface area contributed by atoms with Crippen LogP contribution in [0.5, 0.6) is 0 Å². The zero-order valence-electron chi connectivity index (χ0n) is 10.6. The van der Waals surface area contributed by atoms with Gasteiger partial charge < -0.3 is 11.1 Å². The number of rotatable bonds is 5. The summed E-state index contributed by atoms with van der Waals surface area (Å²) in [5.74, 6) is 0.171. The van der Waals surface area contributed by atoms with Gasteiger partial charge in [-0.15, -0.1) is 11.3 Å². The van der Waals surface area contributed by atoms with Gasteiger partial charge in [0.25, 0.3) is 0 Å². The van der Waals surface area contributed by atoms with Crippen LogP contribution in [0.3, 0.4) is 0 Å². The Labute approximate surface area is 119 Å². The summed E-state index contributed by atoms with van der Waals surface area (Å²) in [6, 6.07) is 2.08. The molecule has 0 unspecified atom stereocenters. The minimum absolute atomic E-state index is 0.0698. The molecule has 1 aliphatic carbocycles. The van der Waals surface area contributed by atoms with Gasteiger partial charge >= 0.3 is 0 Å². The predicted octanol–water partition coefficient (Wildman–Crippen LogP) is 2.13. The second-order valence-corrected chi connectivity index (χ2v) is 5.78. The molecule has 0 aliphatic heterocycles. The quantitative estimate of drug-likeness (QED) is 0.730. The molecule has 1 aliphatic rings. The number of nitrogens with two attached hydrogens (primary N) is 1. The molecule has 1 fully saturated rings. The van der Waals surface area contributed by atoms with Crippen LogP contribution >= 0.6 is 11.3 Å². The SMILES string of the molecule is N#Cc1c(NCc2cn[nH]c2)sc(C(=O)C2CC2)c1N. The van der Waals surface area contributed by atoms with Gasteiger partial charge in [0.05, 0.1) is 16.8 Å². The Hall–Kier alpha value is -2.33.